The second-order valence-electron chi connectivity index (χ2n) is 4.29. The van der Waals surface area contributed by atoms with E-state index in [0.29, 0.717) is 0 Å². The van der Waals surface area contributed by atoms with Crippen LogP contribution in [0, 0.1) is 0 Å². The van der Waals surface area contributed by atoms with Crippen molar-refractivity contribution in [3.05, 3.63) is 52.5 Å². The van der Waals surface area contributed by atoms with Gasteiger partial charge in [-0.1, -0.05) is 41.1 Å². The van der Waals surface area contributed by atoms with E-state index in [-0.39, 0.29) is 0 Å². The van der Waals surface area contributed by atoms with Crippen LogP contribution in [0.3, 0.4) is 0 Å². The zero-order valence-electron chi connectivity index (χ0n) is 11.7. The molecule has 0 bridgehead atoms. The minimum absolute atomic E-state index is 0.846. The number of para-hydroxylation sites is 1. The molecule has 0 aromatic heterocycles. The van der Waals surface area contributed by atoms with Gasteiger partial charge in [0.15, 0.2) is 0 Å². The van der Waals surface area contributed by atoms with E-state index < -0.39 is 0 Å². The number of hydrogen-bond acceptors (Lipinski definition) is 3. The molecule has 20 heavy (non-hydrogen) atoms. The zero-order chi connectivity index (χ0) is 14.4. The summed E-state index contributed by atoms with van der Waals surface area (Å²) in [6.45, 7) is 3.93. The molecule has 0 aliphatic rings. The van der Waals surface area contributed by atoms with Crippen LogP contribution in [0.25, 0.3) is 0 Å². The van der Waals surface area contributed by atoms with Crippen molar-refractivity contribution in [1.29, 1.82) is 0 Å². The smallest absolute Gasteiger partial charge is 0.140 e. The van der Waals surface area contributed by atoms with Crippen LogP contribution in [0.1, 0.15) is 12.5 Å². The summed E-state index contributed by atoms with van der Waals surface area (Å²) in [5.74, 6) is 1.74. The van der Waals surface area contributed by atoms with Crippen LogP contribution < -0.4 is 10.1 Å². The highest BCUT2D eigenvalue weighted by Gasteiger charge is 2.06. The van der Waals surface area contributed by atoms with Gasteiger partial charge in [0.1, 0.15) is 11.5 Å². The van der Waals surface area contributed by atoms with Crippen LogP contribution in [-0.4, -0.2) is 12.8 Å². The Morgan fingerprint density at radius 2 is 2.00 bits per heavy atom. The molecule has 0 saturated heterocycles. The van der Waals surface area contributed by atoms with Gasteiger partial charge in [-0.3, -0.25) is 0 Å². The third-order valence-corrected chi connectivity index (χ3v) is 4.40. The Labute approximate surface area is 133 Å². The molecule has 0 fully saturated rings. The maximum absolute atomic E-state index is 5.97. The highest BCUT2D eigenvalue weighted by Crippen LogP contribution is 2.32. The number of benzene rings is 2. The SMILES string of the molecule is CCNCc1ccc(Oc2ccccc2SC)cc1Br. The van der Waals surface area contributed by atoms with Gasteiger partial charge in [-0.25, -0.2) is 0 Å². The molecule has 0 aliphatic heterocycles. The molecule has 2 rings (SSSR count). The van der Waals surface area contributed by atoms with Crippen molar-refractivity contribution in [2.75, 3.05) is 12.8 Å². The average Bonchev–Trinajstić information content (AvgIpc) is 2.47. The van der Waals surface area contributed by atoms with Crippen molar-refractivity contribution >= 4 is 27.7 Å². The normalized spacial score (nSPS) is 10.6. The van der Waals surface area contributed by atoms with Gasteiger partial charge < -0.3 is 10.1 Å². The van der Waals surface area contributed by atoms with E-state index in [0.717, 1.165) is 34.0 Å². The van der Waals surface area contributed by atoms with Gasteiger partial charge in [0.05, 0.1) is 0 Å². The van der Waals surface area contributed by atoms with Crippen LogP contribution in [0.15, 0.2) is 51.8 Å². The summed E-state index contributed by atoms with van der Waals surface area (Å²) >= 11 is 5.29. The predicted molar refractivity (Wildman–Crippen MR) is 89.8 cm³/mol. The maximum Gasteiger partial charge on any atom is 0.140 e. The van der Waals surface area contributed by atoms with E-state index in [9.17, 15) is 0 Å². The monoisotopic (exact) mass is 351 g/mol. The number of nitrogens with one attached hydrogen (secondary N) is 1. The van der Waals surface area contributed by atoms with Gasteiger partial charge in [0, 0.05) is 15.9 Å². The van der Waals surface area contributed by atoms with Gasteiger partial charge in [-0.2, -0.15) is 0 Å². The average molecular weight is 352 g/mol. The summed E-state index contributed by atoms with van der Waals surface area (Å²) in [6.07, 6.45) is 2.05. The van der Waals surface area contributed by atoms with Crippen LogP contribution in [0.5, 0.6) is 11.5 Å². The van der Waals surface area contributed by atoms with Gasteiger partial charge in [-0.05, 0) is 42.6 Å². The zero-order valence-corrected chi connectivity index (χ0v) is 14.1. The Morgan fingerprint density at radius 1 is 1.20 bits per heavy atom. The van der Waals surface area contributed by atoms with Gasteiger partial charge in [-0.15, -0.1) is 11.8 Å². The van der Waals surface area contributed by atoms with E-state index in [1.165, 1.54) is 5.56 Å². The Hall–Kier alpha value is -0.970. The first-order valence-electron chi connectivity index (χ1n) is 6.54. The Balaban J connectivity index is 2.16. The number of ether oxygens (including phenoxy) is 1. The fraction of sp³-hybridized carbons (Fsp3) is 0.250. The van der Waals surface area contributed by atoms with E-state index in [4.69, 9.17) is 4.74 Å². The third kappa shape index (κ3) is 4.01. The van der Waals surface area contributed by atoms with Crippen LogP contribution in [-0.2, 0) is 6.54 Å². The topological polar surface area (TPSA) is 21.3 Å². The fourth-order valence-electron chi connectivity index (χ4n) is 1.82. The third-order valence-electron chi connectivity index (χ3n) is 2.89. The molecule has 0 saturated carbocycles. The standard InChI is InChI=1S/C16H18BrNOS/c1-3-18-11-12-8-9-13(10-14(12)17)19-15-6-4-5-7-16(15)20-2/h4-10,18H,3,11H2,1-2H3. The Morgan fingerprint density at radius 3 is 2.70 bits per heavy atom. The molecule has 2 nitrogen and oxygen atoms in total. The lowest BCUT2D eigenvalue weighted by atomic mass is 10.2. The molecule has 2 aromatic rings. The molecule has 0 aliphatic carbocycles. The summed E-state index contributed by atoms with van der Waals surface area (Å²) in [5.41, 5.74) is 1.23. The second-order valence-corrected chi connectivity index (χ2v) is 5.99. The Bertz CT molecular complexity index is 574. The summed E-state index contributed by atoms with van der Waals surface area (Å²) < 4.78 is 7.04. The van der Waals surface area contributed by atoms with Crippen molar-refractivity contribution in [2.45, 2.75) is 18.4 Å². The van der Waals surface area contributed by atoms with Crippen molar-refractivity contribution in [3.63, 3.8) is 0 Å². The minimum Gasteiger partial charge on any atom is -0.456 e. The summed E-state index contributed by atoms with van der Waals surface area (Å²) in [5, 5.41) is 3.32. The lowest BCUT2D eigenvalue weighted by molar-refractivity contribution is 0.470. The van der Waals surface area contributed by atoms with Crippen molar-refractivity contribution in [2.24, 2.45) is 0 Å². The lowest BCUT2D eigenvalue weighted by Gasteiger charge is -2.11. The number of halogens is 1. The number of thioether (sulfide) groups is 1. The van der Waals surface area contributed by atoms with Crippen molar-refractivity contribution < 1.29 is 4.74 Å². The number of hydrogen-bond donors (Lipinski definition) is 1. The van der Waals surface area contributed by atoms with Crippen LogP contribution in [0.4, 0.5) is 0 Å². The molecule has 1 N–H and O–H groups in total. The fourth-order valence-corrected chi connectivity index (χ4v) is 2.85. The van der Waals surface area contributed by atoms with E-state index in [2.05, 4.69) is 46.6 Å². The minimum atomic E-state index is 0.846. The van der Waals surface area contributed by atoms with Crippen molar-refractivity contribution in [3.8, 4) is 11.5 Å². The first-order valence-corrected chi connectivity index (χ1v) is 8.56. The first-order chi connectivity index (χ1) is 9.74. The highest BCUT2D eigenvalue weighted by molar-refractivity contribution is 9.10. The van der Waals surface area contributed by atoms with Crippen LogP contribution >= 0.6 is 27.7 Å². The first kappa shape index (κ1) is 15.4. The molecule has 0 heterocycles. The van der Waals surface area contributed by atoms with Crippen molar-refractivity contribution in [1.82, 2.24) is 5.32 Å². The molecule has 0 unspecified atom stereocenters. The molecular formula is C16H18BrNOS. The second kappa shape index (κ2) is 7.72. The molecule has 0 spiro atoms. The number of rotatable bonds is 6. The van der Waals surface area contributed by atoms with E-state index >= 15 is 0 Å². The molecule has 106 valence electrons. The molecular weight excluding hydrogens is 334 g/mol. The largest absolute Gasteiger partial charge is 0.456 e. The summed E-state index contributed by atoms with van der Waals surface area (Å²) in [7, 11) is 0. The van der Waals surface area contributed by atoms with Gasteiger partial charge in [0.2, 0.25) is 0 Å². The molecule has 0 radical (unpaired) electrons. The highest BCUT2D eigenvalue weighted by atomic mass is 79.9. The lowest BCUT2D eigenvalue weighted by Crippen LogP contribution is -2.11. The van der Waals surface area contributed by atoms with Crippen LogP contribution in [0.2, 0.25) is 0 Å². The molecule has 2 aromatic carbocycles. The van der Waals surface area contributed by atoms with Gasteiger partial charge in [0.25, 0.3) is 0 Å². The molecule has 0 atom stereocenters. The predicted octanol–water partition coefficient (Wildman–Crippen LogP) is 5.07. The maximum atomic E-state index is 5.97. The Kier molecular flexibility index (Phi) is 5.95. The summed E-state index contributed by atoms with van der Waals surface area (Å²) in [6, 6.07) is 14.2. The quantitative estimate of drug-likeness (QED) is 0.733. The van der Waals surface area contributed by atoms with E-state index in [1.54, 1.807) is 11.8 Å². The van der Waals surface area contributed by atoms with Gasteiger partial charge >= 0.3 is 0 Å². The summed E-state index contributed by atoms with van der Waals surface area (Å²) in [4.78, 5) is 1.14. The van der Waals surface area contributed by atoms with E-state index in [1.807, 2.05) is 30.3 Å². The molecule has 0 amide bonds. The molecule has 4 heteroatoms.